The Kier molecular flexibility index (Phi) is 1.63. The molecule has 0 heteroatoms. The van der Waals surface area contributed by atoms with Gasteiger partial charge in [-0.25, -0.2) is 0 Å². The lowest BCUT2D eigenvalue weighted by molar-refractivity contribution is -0.226. The van der Waals surface area contributed by atoms with Crippen molar-refractivity contribution in [2.45, 2.75) is 41.0 Å². The minimum Gasteiger partial charge on any atom is -0.0622 e. The zero-order valence-electron chi connectivity index (χ0n) is 9.09. The van der Waals surface area contributed by atoms with Crippen molar-refractivity contribution in [3.8, 4) is 0 Å². The molecule has 12 heavy (non-hydrogen) atoms. The Morgan fingerprint density at radius 1 is 1.25 bits per heavy atom. The molecule has 2 aliphatic rings. The molecule has 0 heterocycles. The topological polar surface area (TPSA) is 0 Å². The van der Waals surface area contributed by atoms with Crippen LogP contribution in [0.4, 0.5) is 0 Å². The van der Waals surface area contributed by atoms with Crippen molar-refractivity contribution < 1.29 is 0 Å². The number of hydrogen-bond donors (Lipinski definition) is 0. The van der Waals surface area contributed by atoms with Crippen molar-refractivity contribution in [2.24, 2.45) is 35.0 Å². The summed E-state index contributed by atoms with van der Waals surface area (Å²) >= 11 is 0. The lowest BCUT2D eigenvalue weighted by Crippen LogP contribution is -2.65. The van der Waals surface area contributed by atoms with E-state index in [2.05, 4.69) is 34.6 Å². The van der Waals surface area contributed by atoms with Gasteiger partial charge in [0.1, 0.15) is 0 Å². The van der Waals surface area contributed by atoms with E-state index in [4.69, 9.17) is 0 Å². The molecule has 2 saturated carbocycles. The quantitative estimate of drug-likeness (QED) is 0.558. The molecule has 5 atom stereocenters. The fourth-order valence-electron chi connectivity index (χ4n) is 4.10. The summed E-state index contributed by atoms with van der Waals surface area (Å²) in [5.41, 5.74) is 0.669. The maximum absolute atomic E-state index is 2.51. The van der Waals surface area contributed by atoms with Crippen molar-refractivity contribution in [1.29, 1.82) is 0 Å². The van der Waals surface area contributed by atoms with E-state index < -0.39 is 0 Å². The summed E-state index contributed by atoms with van der Waals surface area (Å²) < 4.78 is 0. The minimum absolute atomic E-state index is 0.669. The molecule has 0 spiro atoms. The van der Waals surface area contributed by atoms with Crippen LogP contribution in [0, 0.1) is 35.0 Å². The van der Waals surface area contributed by atoms with Gasteiger partial charge in [-0.15, -0.1) is 0 Å². The Morgan fingerprint density at radius 3 is 2.17 bits per heavy atom. The van der Waals surface area contributed by atoms with Gasteiger partial charge < -0.3 is 0 Å². The van der Waals surface area contributed by atoms with E-state index in [9.17, 15) is 0 Å². The largest absolute Gasteiger partial charge is 0.0622 e. The second kappa shape index (κ2) is 2.27. The monoisotopic (exact) mass is 166 g/mol. The van der Waals surface area contributed by atoms with E-state index in [0.29, 0.717) is 5.41 Å². The first-order valence-corrected chi connectivity index (χ1v) is 5.49. The van der Waals surface area contributed by atoms with E-state index in [1.54, 1.807) is 0 Å². The van der Waals surface area contributed by atoms with Crippen LogP contribution in [0.2, 0.25) is 0 Å². The molecule has 5 unspecified atom stereocenters. The molecule has 0 aromatic rings. The SMILES string of the molecule is CC1CC2C(C)C(C)(C(C)C)C12. The highest BCUT2D eigenvalue weighted by Crippen LogP contribution is 2.70. The van der Waals surface area contributed by atoms with Crippen LogP contribution in [-0.2, 0) is 0 Å². The first-order chi connectivity index (χ1) is 5.49. The Labute approximate surface area is 76.7 Å². The molecule has 0 aromatic heterocycles. The molecule has 0 radical (unpaired) electrons. The summed E-state index contributed by atoms with van der Waals surface area (Å²) in [5.74, 6) is 5.02. The summed E-state index contributed by atoms with van der Waals surface area (Å²) in [4.78, 5) is 0. The highest BCUT2D eigenvalue weighted by Gasteiger charge is 2.64. The molecular weight excluding hydrogens is 144 g/mol. The number of rotatable bonds is 1. The van der Waals surface area contributed by atoms with E-state index in [-0.39, 0.29) is 0 Å². The predicted octanol–water partition coefficient (Wildman–Crippen LogP) is 3.57. The van der Waals surface area contributed by atoms with Crippen LogP contribution < -0.4 is 0 Å². The third kappa shape index (κ3) is 0.701. The predicted molar refractivity (Wildman–Crippen MR) is 52.9 cm³/mol. The molecule has 70 valence electrons. The van der Waals surface area contributed by atoms with Gasteiger partial charge >= 0.3 is 0 Å². The molecule has 2 rings (SSSR count). The van der Waals surface area contributed by atoms with Crippen LogP contribution in [0.3, 0.4) is 0 Å². The lowest BCUT2D eigenvalue weighted by atomic mass is 9.34. The van der Waals surface area contributed by atoms with Crippen molar-refractivity contribution in [1.82, 2.24) is 0 Å². The molecule has 0 aromatic carbocycles. The lowest BCUT2D eigenvalue weighted by Gasteiger charge is -2.70. The van der Waals surface area contributed by atoms with Crippen molar-refractivity contribution in [3.05, 3.63) is 0 Å². The van der Waals surface area contributed by atoms with Crippen molar-refractivity contribution in [2.75, 3.05) is 0 Å². The van der Waals surface area contributed by atoms with Gasteiger partial charge in [0.15, 0.2) is 0 Å². The van der Waals surface area contributed by atoms with Gasteiger partial charge in [-0.2, -0.15) is 0 Å². The Balaban J connectivity index is 2.16. The molecular formula is C12H22. The summed E-state index contributed by atoms with van der Waals surface area (Å²) in [5, 5.41) is 0. The number of hydrogen-bond acceptors (Lipinski definition) is 0. The minimum atomic E-state index is 0.669. The van der Waals surface area contributed by atoms with Gasteiger partial charge in [-0.05, 0) is 41.4 Å². The van der Waals surface area contributed by atoms with Gasteiger partial charge in [0.05, 0.1) is 0 Å². The smallest absolute Gasteiger partial charge is 0.0241 e. The van der Waals surface area contributed by atoms with E-state index in [1.807, 2.05) is 0 Å². The second-order valence-electron chi connectivity index (χ2n) is 5.71. The molecule has 0 nitrogen and oxygen atoms in total. The highest BCUT2D eigenvalue weighted by molar-refractivity contribution is 5.12. The van der Waals surface area contributed by atoms with Crippen molar-refractivity contribution in [3.63, 3.8) is 0 Å². The first-order valence-electron chi connectivity index (χ1n) is 5.49. The average Bonchev–Trinajstić information content (AvgIpc) is 1.98. The molecule has 0 saturated heterocycles. The molecule has 0 N–H and O–H groups in total. The van der Waals surface area contributed by atoms with Gasteiger partial charge in [0, 0.05) is 0 Å². The van der Waals surface area contributed by atoms with Gasteiger partial charge in [0.25, 0.3) is 0 Å². The third-order valence-corrected chi connectivity index (χ3v) is 5.30. The maximum atomic E-state index is 2.51. The maximum Gasteiger partial charge on any atom is -0.0241 e. The molecule has 2 fully saturated rings. The molecule has 0 amide bonds. The summed E-state index contributed by atoms with van der Waals surface area (Å²) in [7, 11) is 0. The van der Waals surface area contributed by atoms with Crippen LogP contribution in [0.1, 0.15) is 41.0 Å². The van der Waals surface area contributed by atoms with Gasteiger partial charge in [-0.1, -0.05) is 34.6 Å². The van der Waals surface area contributed by atoms with Gasteiger partial charge in [-0.3, -0.25) is 0 Å². The summed E-state index contributed by atoms with van der Waals surface area (Å²) in [6.07, 6.45) is 1.51. The zero-order chi connectivity index (χ0) is 9.09. The molecule has 2 aliphatic carbocycles. The highest BCUT2D eigenvalue weighted by atomic mass is 14.7. The fourth-order valence-corrected chi connectivity index (χ4v) is 4.10. The first kappa shape index (κ1) is 8.59. The van der Waals surface area contributed by atoms with E-state index in [1.165, 1.54) is 6.42 Å². The van der Waals surface area contributed by atoms with Crippen LogP contribution >= 0.6 is 0 Å². The fraction of sp³-hybridized carbons (Fsp3) is 1.00. The summed E-state index contributed by atoms with van der Waals surface area (Å²) in [6.45, 7) is 12.2. The zero-order valence-corrected chi connectivity index (χ0v) is 9.09. The number of fused-ring (bicyclic) bond motifs is 1. The van der Waals surface area contributed by atoms with Gasteiger partial charge in [0.2, 0.25) is 0 Å². The average molecular weight is 166 g/mol. The van der Waals surface area contributed by atoms with Crippen LogP contribution in [0.5, 0.6) is 0 Å². The normalized spacial score (nSPS) is 57.5. The Hall–Kier alpha value is 0. The molecule has 0 aliphatic heterocycles. The van der Waals surface area contributed by atoms with Crippen LogP contribution in [0.25, 0.3) is 0 Å². The second-order valence-corrected chi connectivity index (χ2v) is 5.71. The van der Waals surface area contributed by atoms with E-state index >= 15 is 0 Å². The standard InChI is InChI=1S/C12H22/c1-7(2)12(5)9(4)10-6-8(3)11(10)12/h7-11H,6H2,1-5H3. The van der Waals surface area contributed by atoms with Crippen LogP contribution in [-0.4, -0.2) is 0 Å². The summed E-state index contributed by atoms with van der Waals surface area (Å²) in [6, 6.07) is 0. The Morgan fingerprint density at radius 2 is 1.83 bits per heavy atom. The van der Waals surface area contributed by atoms with E-state index in [0.717, 1.165) is 29.6 Å². The Bertz CT molecular complexity index is 194. The van der Waals surface area contributed by atoms with Crippen LogP contribution in [0.15, 0.2) is 0 Å². The third-order valence-electron chi connectivity index (χ3n) is 5.30. The molecule has 0 bridgehead atoms. The van der Waals surface area contributed by atoms with Crippen molar-refractivity contribution >= 4 is 0 Å².